The third-order valence-corrected chi connectivity index (χ3v) is 7.05. The molecule has 1 fully saturated rings. The van der Waals surface area contributed by atoms with Gasteiger partial charge in [-0.3, -0.25) is 4.79 Å². The summed E-state index contributed by atoms with van der Waals surface area (Å²) >= 11 is 1.70. The highest BCUT2D eigenvalue weighted by atomic mass is 32.2. The fraction of sp³-hybridized carbons (Fsp3) is 0.696. The molecule has 4 atom stereocenters. The first-order chi connectivity index (χ1) is 13.5. The van der Waals surface area contributed by atoms with Gasteiger partial charge in [0.25, 0.3) is 0 Å². The number of thioether (sulfide) groups is 1. The first-order valence-corrected chi connectivity index (χ1v) is 11.7. The molecule has 1 aromatic carbocycles. The van der Waals surface area contributed by atoms with Crippen LogP contribution in [0.4, 0.5) is 0 Å². The molecular formula is C23H36O4S. The second kappa shape index (κ2) is 12.5. The monoisotopic (exact) mass is 408 g/mol. The van der Waals surface area contributed by atoms with Crippen LogP contribution in [0.15, 0.2) is 29.2 Å². The highest BCUT2D eigenvalue weighted by molar-refractivity contribution is 7.99. The first-order valence-electron chi connectivity index (χ1n) is 10.7. The summed E-state index contributed by atoms with van der Waals surface area (Å²) in [5.74, 6) is 0.836. The number of unbranched alkanes of at least 4 members (excludes halogenated alkanes) is 3. The molecule has 2 unspecified atom stereocenters. The molecule has 0 saturated heterocycles. The zero-order chi connectivity index (χ0) is 20.4. The van der Waals surface area contributed by atoms with Crippen LogP contribution < -0.4 is 0 Å². The molecule has 5 heteroatoms. The van der Waals surface area contributed by atoms with Crippen LogP contribution in [0.1, 0.15) is 69.8 Å². The second-order valence-electron chi connectivity index (χ2n) is 8.27. The summed E-state index contributed by atoms with van der Waals surface area (Å²) in [6.07, 6.45) is 8.32. The van der Waals surface area contributed by atoms with Gasteiger partial charge in [0.2, 0.25) is 0 Å². The van der Waals surface area contributed by atoms with E-state index < -0.39 is 5.97 Å². The van der Waals surface area contributed by atoms with E-state index in [1.165, 1.54) is 10.5 Å². The van der Waals surface area contributed by atoms with Crippen molar-refractivity contribution in [3.8, 4) is 0 Å². The van der Waals surface area contributed by atoms with Crippen LogP contribution in [-0.4, -0.2) is 39.2 Å². The number of rotatable bonds is 13. The van der Waals surface area contributed by atoms with Crippen LogP contribution in [0.5, 0.6) is 0 Å². The summed E-state index contributed by atoms with van der Waals surface area (Å²) in [7, 11) is 0. The van der Waals surface area contributed by atoms with E-state index in [0.29, 0.717) is 17.6 Å². The number of hydrogen-bond donors (Lipinski definition) is 3. The van der Waals surface area contributed by atoms with Gasteiger partial charge in [-0.1, -0.05) is 43.4 Å². The molecule has 0 aromatic heterocycles. The van der Waals surface area contributed by atoms with E-state index in [-0.39, 0.29) is 18.6 Å². The van der Waals surface area contributed by atoms with Crippen molar-refractivity contribution in [1.29, 1.82) is 0 Å². The molecule has 3 N–H and O–H groups in total. The lowest BCUT2D eigenvalue weighted by molar-refractivity contribution is -0.137. The molecule has 1 saturated carbocycles. The number of aliphatic hydroxyl groups excluding tert-OH is 2. The molecule has 158 valence electrons. The largest absolute Gasteiger partial charge is 0.481 e. The van der Waals surface area contributed by atoms with E-state index in [1.807, 2.05) is 6.07 Å². The molecule has 0 radical (unpaired) electrons. The van der Waals surface area contributed by atoms with E-state index >= 15 is 0 Å². The normalized spacial score (nSPS) is 23.0. The highest BCUT2D eigenvalue weighted by Crippen LogP contribution is 2.39. The molecule has 1 aliphatic rings. The van der Waals surface area contributed by atoms with Crippen LogP contribution in [0, 0.1) is 18.8 Å². The maximum Gasteiger partial charge on any atom is 0.303 e. The predicted octanol–water partition coefficient (Wildman–Crippen LogP) is 5.04. The maximum atomic E-state index is 10.5. The van der Waals surface area contributed by atoms with Gasteiger partial charge < -0.3 is 15.3 Å². The molecular weight excluding hydrogens is 372 g/mol. The Labute approximate surface area is 173 Å². The van der Waals surface area contributed by atoms with Gasteiger partial charge in [-0.25, -0.2) is 0 Å². The summed E-state index contributed by atoms with van der Waals surface area (Å²) < 4.78 is 0. The molecule has 4 nitrogen and oxygen atoms in total. The smallest absolute Gasteiger partial charge is 0.303 e. The van der Waals surface area contributed by atoms with Crippen LogP contribution in [0.3, 0.4) is 0 Å². The fourth-order valence-corrected chi connectivity index (χ4v) is 5.31. The van der Waals surface area contributed by atoms with Gasteiger partial charge in [-0.2, -0.15) is 0 Å². The highest BCUT2D eigenvalue weighted by Gasteiger charge is 2.34. The van der Waals surface area contributed by atoms with Crippen LogP contribution in [0.2, 0.25) is 0 Å². The number of aliphatic hydroxyl groups is 2. The fourth-order valence-electron chi connectivity index (χ4n) is 4.32. The Hall–Kier alpha value is -1.04. The molecule has 0 bridgehead atoms. The molecule has 0 heterocycles. The third-order valence-electron chi connectivity index (χ3n) is 5.91. The van der Waals surface area contributed by atoms with E-state index in [0.717, 1.165) is 57.8 Å². The molecule has 1 aromatic rings. The third kappa shape index (κ3) is 8.54. The topological polar surface area (TPSA) is 77.8 Å². The number of carbonyl (C=O) groups is 1. The Morgan fingerprint density at radius 2 is 1.96 bits per heavy atom. The number of aryl methyl sites for hydroxylation is 1. The van der Waals surface area contributed by atoms with Crippen LogP contribution in [0.25, 0.3) is 0 Å². The number of aliphatic carboxylic acids is 1. The van der Waals surface area contributed by atoms with E-state index in [2.05, 4.69) is 25.1 Å². The Bertz CT molecular complexity index is 592. The Kier molecular flexibility index (Phi) is 10.4. The van der Waals surface area contributed by atoms with E-state index in [1.54, 1.807) is 11.8 Å². The van der Waals surface area contributed by atoms with Crippen molar-refractivity contribution in [2.45, 2.75) is 88.2 Å². The summed E-state index contributed by atoms with van der Waals surface area (Å²) in [6.45, 7) is 2.08. The van der Waals surface area contributed by atoms with Crippen molar-refractivity contribution < 1.29 is 20.1 Å². The quantitative estimate of drug-likeness (QED) is 0.315. The van der Waals surface area contributed by atoms with Crippen molar-refractivity contribution >= 4 is 17.7 Å². The zero-order valence-corrected chi connectivity index (χ0v) is 17.9. The summed E-state index contributed by atoms with van der Waals surface area (Å²) in [5.41, 5.74) is 1.24. The maximum absolute atomic E-state index is 10.5. The van der Waals surface area contributed by atoms with Gasteiger partial charge in [0.1, 0.15) is 0 Å². The van der Waals surface area contributed by atoms with Gasteiger partial charge in [0.15, 0.2) is 0 Å². The van der Waals surface area contributed by atoms with E-state index in [4.69, 9.17) is 5.11 Å². The van der Waals surface area contributed by atoms with Crippen LogP contribution in [-0.2, 0) is 4.79 Å². The predicted molar refractivity (Wildman–Crippen MR) is 115 cm³/mol. The number of benzene rings is 1. The van der Waals surface area contributed by atoms with Gasteiger partial charge in [0.05, 0.1) is 12.2 Å². The SMILES string of the molecule is Cc1cccc(SCC(O)CC[C@@H]2C(CCCCCCC(=O)O)CC[C@H]2O)c1. The Morgan fingerprint density at radius 3 is 2.71 bits per heavy atom. The Morgan fingerprint density at radius 1 is 1.18 bits per heavy atom. The molecule has 0 spiro atoms. The van der Waals surface area contributed by atoms with Gasteiger partial charge in [-0.15, -0.1) is 11.8 Å². The first kappa shape index (κ1) is 23.2. The average molecular weight is 409 g/mol. The minimum absolute atomic E-state index is 0.228. The average Bonchev–Trinajstić information content (AvgIpc) is 3.00. The minimum atomic E-state index is -0.710. The lowest BCUT2D eigenvalue weighted by atomic mass is 9.86. The van der Waals surface area contributed by atoms with Crippen molar-refractivity contribution in [2.75, 3.05) is 5.75 Å². The second-order valence-corrected chi connectivity index (χ2v) is 9.37. The molecule has 0 aliphatic heterocycles. The van der Waals surface area contributed by atoms with Crippen molar-refractivity contribution in [3.05, 3.63) is 29.8 Å². The summed E-state index contributed by atoms with van der Waals surface area (Å²) in [6, 6.07) is 8.35. The molecule has 0 amide bonds. The number of carboxylic acid groups (broad SMARTS) is 1. The molecule has 1 aliphatic carbocycles. The molecule has 2 rings (SSSR count). The number of carboxylic acids is 1. The van der Waals surface area contributed by atoms with Gasteiger partial charge >= 0.3 is 5.97 Å². The van der Waals surface area contributed by atoms with Crippen LogP contribution >= 0.6 is 11.8 Å². The minimum Gasteiger partial charge on any atom is -0.481 e. The van der Waals surface area contributed by atoms with Gasteiger partial charge in [-0.05, 0) is 63.0 Å². The lowest BCUT2D eigenvalue weighted by Gasteiger charge is -2.23. The lowest BCUT2D eigenvalue weighted by Crippen LogP contribution is -2.22. The van der Waals surface area contributed by atoms with Gasteiger partial charge in [0, 0.05) is 17.1 Å². The zero-order valence-electron chi connectivity index (χ0n) is 17.1. The van der Waals surface area contributed by atoms with Crippen molar-refractivity contribution in [3.63, 3.8) is 0 Å². The standard InChI is InChI=1S/C23H36O4S/c1-17-7-6-9-20(15-17)28-16-19(24)12-13-21-18(11-14-22(21)25)8-4-2-3-5-10-23(26)27/h6-7,9,15,18-19,21-22,24-25H,2-5,8,10-14,16H2,1H3,(H,26,27)/t18?,19?,21-,22-/m1/s1. The summed E-state index contributed by atoms with van der Waals surface area (Å²) in [4.78, 5) is 11.7. The number of hydrogen-bond acceptors (Lipinski definition) is 4. The van der Waals surface area contributed by atoms with E-state index in [9.17, 15) is 15.0 Å². The van der Waals surface area contributed by atoms with Crippen molar-refractivity contribution in [2.24, 2.45) is 11.8 Å². The van der Waals surface area contributed by atoms with Crippen molar-refractivity contribution in [1.82, 2.24) is 0 Å². The Balaban J connectivity index is 1.65. The summed E-state index contributed by atoms with van der Waals surface area (Å²) in [5, 5.41) is 29.4. The molecule has 28 heavy (non-hydrogen) atoms.